The van der Waals surface area contributed by atoms with Crippen LogP contribution in [0.3, 0.4) is 0 Å². The van der Waals surface area contributed by atoms with E-state index >= 15 is 0 Å². The average Bonchev–Trinajstić information content (AvgIpc) is 2.72. The van der Waals surface area contributed by atoms with Crippen molar-refractivity contribution in [2.24, 2.45) is 5.73 Å². The first kappa shape index (κ1) is 10.3. The van der Waals surface area contributed by atoms with E-state index in [1.807, 2.05) is 0 Å². The van der Waals surface area contributed by atoms with Crippen molar-refractivity contribution in [3.63, 3.8) is 0 Å². The number of benzene rings is 2. The van der Waals surface area contributed by atoms with Crippen LogP contribution in [0, 0.1) is 0 Å². The summed E-state index contributed by atoms with van der Waals surface area (Å²) in [5.41, 5.74) is 12.2. The second kappa shape index (κ2) is 3.86. The Hall–Kier alpha value is -1.86. The highest BCUT2D eigenvalue weighted by atomic mass is 14.5. The van der Waals surface area contributed by atoms with Gasteiger partial charge in [0.05, 0.1) is 0 Å². The fraction of sp³-hybridized carbons (Fsp3) is 0.125. The van der Waals surface area contributed by atoms with E-state index in [1.165, 1.54) is 22.3 Å². The van der Waals surface area contributed by atoms with Gasteiger partial charge >= 0.3 is 0 Å². The summed E-state index contributed by atoms with van der Waals surface area (Å²) >= 11 is 0. The molecule has 0 aliphatic heterocycles. The molecule has 3 rings (SSSR count). The molecule has 0 atom stereocenters. The third-order valence-electron chi connectivity index (χ3n) is 3.50. The summed E-state index contributed by atoms with van der Waals surface area (Å²) in [5.74, 6) is 0.271. The Kier molecular flexibility index (Phi) is 2.34. The topological polar surface area (TPSA) is 26.0 Å². The zero-order valence-corrected chi connectivity index (χ0v) is 9.69. The first-order valence-electron chi connectivity index (χ1n) is 5.89. The third-order valence-corrected chi connectivity index (χ3v) is 3.50. The Morgan fingerprint density at radius 2 is 1.41 bits per heavy atom. The van der Waals surface area contributed by atoms with Gasteiger partial charge in [-0.05, 0) is 22.3 Å². The van der Waals surface area contributed by atoms with Gasteiger partial charge in [0.15, 0.2) is 0 Å². The molecule has 1 aliphatic rings. The minimum atomic E-state index is 0.271. The summed E-state index contributed by atoms with van der Waals surface area (Å²) in [7, 11) is 0. The summed E-state index contributed by atoms with van der Waals surface area (Å²) in [6.07, 6.45) is 0. The fourth-order valence-electron chi connectivity index (χ4n) is 2.71. The van der Waals surface area contributed by atoms with Crippen LogP contribution in [0.25, 0.3) is 11.1 Å². The van der Waals surface area contributed by atoms with E-state index in [2.05, 4.69) is 55.1 Å². The van der Waals surface area contributed by atoms with Crippen molar-refractivity contribution in [1.29, 1.82) is 0 Å². The van der Waals surface area contributed by atoms with Crippen LogP contribution < -0.4 is 5.73 Å². The van der Waals surface area contributed by atoms with Gasteiger partial charge in [-0.1, -0.05) is 60.7 Å². The molecule has 0 unspecified atom stereocenters. The summed E-state index contributed by atoms with van der Waals surface area (Å²) in [6.45, 7) is 4.66. The molecule has 0 amide bonds. The minimum absolute atomic E-state index is 0.271. The van der Waals surface area contributed by atoms with Crippen LogP contribution in [-0.4, -0.2) is 6.54 Å². The monoisotopic (exact) mass is 221 g/mol. The zero-order valence-electron chi connectivity index (χ0n) is 9.69. The van der Waals surface area contributed by atoms with Crippen molar-refractivity contribution in [2.45, 2.75) is 5.92 Å². The highest BCUT2D eigenvalue weighted by Gasteiger charge is 2.28. The molecule has 2 aromatic rings. The average molecular weight is 221 g/mol. The molecule has 0 saturated carbocycles. The van der Waals surface area contributed by atoms with Gasteiger partial charge in [-0.25, -0.2) is 0 Å². The van der Waals surface area contributed by atoms with E-state index in [1.54, 1.807) is 0 Å². The van der Waals surface area contributed by atoms with Crippen molar-refractivity contribution >= 4 is 0 Å². The largest absolute Gasteiger partial charge is 0.327 e. The molecule has 0 saturated heterocycles. The molecule has 0 radical (unpaired) electrons. The molecule has 0 fully saturated rings. The van der Waals surface area contributed by atoms with Gasteiger partial charge < -0.3 is 5.73 Å². The second-order valence-corrected chi connectivity index (χ2v) is 4.47. The summed E-state index contributed by atoms with van der Waals surface area (Å²) < 4.78 is 0. The normalized spacial score (nSPS) is 13.2. The van der Waals surface area contributed by atoms with Crippen molar-refractivity contribution in [1.82, 2.24) is 0 Å². The van der Waals surface area contributed by atoms with Crippen molar-refractivity contribution in [2.75, 3.05) is 6.54 Å². The van der Waals surface area contributed by atoms with Gasteiger partial charge in [0.25, 0.3) is 0 Å². The van der Waals surface area contributed by atoms with Crippen LogP contribution in [-0.2, 0) is 0 Å². The molecule has 1 aliphatic carbocycles. The maximum Gasteiger partial charge on any atom is 0.0321 e. The number of fused-ring (bicyclic) bond motifs is 3. The van der Waals surface area contributed by atoms with Gasteiger partial charge in [0.2, 0.25) is 0 Å². The lowest BCUT2D eigenvalue weighted by molar-refractivity contribution is 0.931. The Morgan fingerprint density at radius 1 is 0.941 bits per heavy atom. The van der Waals surface area contributed by atoms with Gasteiger partial charge in [0, 0.05) is 12.5 Å². The summed E-state index contributed by atoms with van der Waals surface area (Å²) in [6, 6.07) is 17.1. The van der Waals surface area contributed by atoms with E-state index in [0.29, 0.717) is 6.54 Å². The fourth-order valence-corrected chi connectivity index (χ4v) is 2.71. The van der Waals surface area contributed by atoms with Crippen LogP contribution >= 0.6 is 0 Å². The smallest absolute Gasteiger partial charge is 0.0321 e. The maximum absolute atomic E-state index is 5.77. The van der Waals surface area contributed by atoms with Crippen LogP contribution in [0.15, 0.2) is 60.7 Å². The van der Waals surface area contributed by atoms with E-state index < -0.39 is 0 Å². The summed E-state index contributed by atoms with van der Waals surface area (Å²) in [4.78, 5) is 0. The van der Waals surface area contributed by atoms with Gasteiger partial charge in [-0.3, -0.25) is 0 Å². The first-order chi connectivity index (χ1) is 8.33. The Morgan fingerprint density at radius 3 is 1.88 bits per heavy atom. The minimum Gasteiger partial charge on any atom is -0.327 e. The predicted molar refractivity (Wildman–Crippen MR) is 71.9 cm³/mol. The molecule has 84 valence electrons. The quantitative estimate of drug-likeness (QED) is 0.773. The maximum atomic E-state index is 5.77. The molecule has 17 heavy (non-hydrogen) atoms. The molecule has 0 bridgehead atoms. The van der Waals surface area contributed by atoms with E-state index in [4.69, 9.17) is 5.73 Å². The Balaban J connectivity index is 2.27. The number of hydrogen-bond acceptors (Lipinski definition) is 1. The second-order valence-electron chi connectivity index (χ2n) is 4.47. The molecule has 0 aromatic heterocycles. The van der Waals surface area contributed by atoms with E-state index in [-0.39, 0.29) is 5.92 Å². The van der Waals surface area contributed by atoms with Crippen molar-refractivity contribution in [3.8, 4) is 11.1 Å². The molecule has 2 aromatic carbocycles. The molecule has 1 nitrogen and oxygen atoms in total. The lowest BCUT2D eigenvalue weighted by Crippen LogP contribution is -2.10. The van der Waals surface area contributed by atoms with E-state index in [9.17, 15) is 0 Å². The highest BCUT2D eigenvalue weighted by molar-refractivity contribution is 5.80. The summed E-state index contributed by atoms with van der Waals surface area (Å²) in [5, 5.41) is 0. The molecule has 0 spiro atoms. The SMILES string of the molecule is C=C(CN)C1c2ccccc2-c2ccccc21. The molecule has 0 heterocycles. The number of rotatable bonds is 2. The van der Waals surface area contributed by atoms with Gasteiger partial charge in [-0.15, -0.1) is 0 Å². The molecular formula is C16H15N. The van der Waals surface area contributed by atoms with Crippen LogP contribution in [0.5, 0.6) is 0 Å². The lowest BCUT2D eigenvalue weighted by Gasteiger charge is -2.15. The van der Waals surface area contributed by atoms with Crippen molar-refractivity contribution < 1.29 is 0 Å². The van der Waals surface area contributed by atoms with Crippen molar-refractivity contribution in [3.05, 3.63) is 71.8 Å². The number of hydrogen-bond donors (Lipinski definition) is 1. The molecule has 1 heteroatoms. The zero-order chi connectivity index (χ0) is 11.8. The predicted octanol–water partition coefficient (Wildman–Crippen LogP) is 3.31. The van der Waals surface area contributed by atoms with Gasteiger partial charge in [0.1, 0.15) is 0 Å². The lowest BCUT2D eigenvalue weighted by atomic mass is 9.90. The van der Waals surface area contributed by atoms with Gasteiger partial charge in [-0.2, -0.15) is 0 Å². The first-order valence-corrected chi connectivity index (χ1v) is 5.89. The Bertz CT molecular complexity index is 538. The molecule has 2 N–H and O–H groups in total. The van der Waals surface area contributed by atoms with Crippen LogP contribution in [0.2, 0.25) is 0 Å². The van der Waals surface area contributed by atoms with Crippen LogP contribution in [0.1, 0.15) is 17.0 Å². The standard InChI is InChI=1S/C16H15N/c1-11(10-17)16-14-8-4-2-6-12(14)13-7-3-5-9-15(13)16/h2-9,16H,1,10,17H2. The molecular weight excluding hydrogens is 206 g/mol. The van der Waals surface area contributed by atoms with Crippen LogP contribution in [0.4, 0.5) is 0 Å². The number of nitrogens with two attached hydrogens (primary N) is 1. The third kappa shape index (κ3) is 1.43. The highest BCUT2D eigenvalue weighted by Crippen LogP contribution is 2.47. The Labute approximate surface area is 102 Å². The van der Waals surface area contributed by atoms with E-state index in [0.717, 1.165) is 5.57 Å².